The molecule has 33 heavy (non-hydrogen) atoms. The molecule has 4 aromatic rings. The average Bonchev–Trinajstić information content (AvgIpc) is 3.52. The van der Waals surface area contributed by atoms with Crippen molar-refractivity contribution in [2.75, 3.05) is 27.8 Å². The van der Waals surface area contributed by atoms with Crippen molar-refractivity contribution in [3.05, 3.63) is 82.9 Å². The molecule has 7 heteroatoms. The molecule has 1 amide bonds. The van der Waals surface area contributed by atoms with Gasteiger partial charge in [0.05, 0.1) is 24.8 Å². The van der Waals surface area contributed by atoms with E-state index in [-0.39, 0.29) is 5.91 Å². The van der Waals surface area contributed by atoms with Crippen LogP contribution in [0.4, 0.5) is 0 Å². The maximum Gasteiger partial charge on any atom is 0.272 e. The molecule has 0 fully saturated rings. The fourth-order valence-electron chi connectivity index (χ4n) is 3.59. The molecule has 0 spiro atoms. The lowest BCUT2D eigenvalue weighted by Crippen LogP contribution is -2.30. The van der Waals surface area contributed by atoms with Crippen molar-refractivity contribution in [2.45, 2.75) is 13.3 Å². The van der Waals surface area contributed by atoms with Crippen LogP contribution in [0.3, 0.4) is 0 Å². The predicted molar refractivity (Wildman–Crippen MR) is 132 cm³/mol. The highest BCUT2D eigenvalue weighted by molar-refractivity contribution is 7.13. The second-order valence-electron chi connectivity index (χ2n) is 7.81. The van der Waals surface area contributed by atoms with Gasteiger partial charge in [0.15, 0.2) is 11.5 Å². The first-order chi connectivity index (χ1) is 16.0. The van der Waals surface area contributed by atoms with Crippen molar-refractivity contribution >= 4 is 17.2 Å². The molecule has 0 unspecified atom stereocenters. The molecule has 0 atom stereocenters. The SMILES string of the molecule is COc1ccc(CCN(C)C(=O)c2cc(-c3cccs3)nn2-c2ccc(C)cc2)cc1OC. The summed E-state index contributed by atoms with van der Waals surface area (Å²) in [6.45, 7) is 2.60. The van der Waals surface area contributed by atoms with Gasteiger partial charge < -0.3 is 14.4 Å². The number of methoxy groups -OCH3 is 2. The lowest BCUT2D eigenvalue weighted by Gasteiger charge is -2.18. The Hall–Kier alpha value is -3.58. The summed E-state index contributed by atoms with van der Waals surface area (Å²) in [5.41, 5.74) is 4.42. The van der Waals surface area contributed by atoms with Gasteiger partial charge in [-0.3, -0.25) is 4.79 Å². The van der Waals surface area contributed by atoms with Crippen LogP contribution in [0.5, 0.6) is 11.5 Å². The van der Waals surface area contributed by atoms with Gasteiger partial charge in [-0.05, 0) is 60.7 Å². The molecule has 0 bridgehead atoms. The Morgan fingerprint density at radius 1 is 1.03 bits per heavy atom. The van der Waals surface area contributed by atoms with Gasteiger partial charge in [0, 0.05) is 13.6 Å². The number of carbonyl (C=O) groups is 1. The van der Waals surface area contributed by atoms with Crippen LogP contribution in [0.15, 0.2) is 66.0 Å². The molecule has 170 valence electrons. The minimum atomic E-state index is -0.0774. The third kappa shape index (κ3) is 4.93. The highest BCUT2D eigenvalue weighted by Gasteiger charge is 2.21. The van der Waals surface area contributed by atoms with Crippen molar-refractivity contribution < 1.29 is 14.3 Å². The van der Waals surface area contributed by atoms with Gasteiger partial charge in [-0.15, -0.1) is 11.3 Å². The highest BCUT2D eigenvalue weighted by Crippen LogP contribution is 2.28. The summed E-state index contributed by atoms with van der Waals surface area (Å²) in [6.07, 6.45) is 0.693. The van der Waals surface area contributed by atoms with Gasteiger partial charge in [0.1, 0.15) is 11.4 Å². The smallest absolute Gasteiger partial charge is 0.272 e. The molecule has 0 aliphatic carbocycles. The highest BCUT2D eigenvalue weighted by atomic mass is 32.1. The lowest BCUT2D eigenvalue weighted by atomic mass is 10.1. The second kappa shape index (κ2) is 9.92. The third-order valence-corrected chi connectivity index (χ3v) is 6.40. The first-order valence-electron chi connectivity index (χ1n) is 10.7. The van der Waals surface area contributed by atoms with Gasteiger partial charge in [0.2, 0.25) is 0 Å². The minimum Gasteiger partial charge on any atom is -0.493 e. The van der Waals surface area contributed by atoms with Crippen molar-refractivity contribution in [3.63, 3.8) is 0 Å². The van der Waals surface area contributed by atoms with Crippen molar-refractivity contribution in [2.24, 2.45) is 0 Å². The molecule has 2 aromatic heterocycles. The van der Waals surface area contributed by atoms with Gasteiger partial charge in [-0.25, -0.2) is 4.68 Å². The first kappa shape index (κ1) is 22.6. The first-order valence-corrected chi connectivity index (χ1v) is 11.6. The molecule has 0 aliphatic rings. The number of likely N-dealkylation sites (N-methyl/N-ethyl adjacent to an activating group) is 1. The Labute approximate surface area is 198 Å². The Morgan fingerprint density at radius 2 is 1.79 bits per heavy atom. The number of aryl methyl sites for hydroxylation is 1. The standard InChI is InChI=1S/C26H27N3O3S/c1-18-7-10-20(11-8-18)29-22(17-21(27-29)25-6-5-15-33-25)26(30)28(2)14-13-19-9-12-23(31-3)24(16-19)32-4/h5-12,15-17H,13-14H2,1-4H3. The fraction of sp³-hybridized carbons (Fsp3) is 0.231. The number of carbonyl (C=O) groups excluding carboxylic acids is 1. The van der Waals surface area contributed by atoms with E-state index in [1.807, 2.05) is 80.0 Å². The normalized spacial score (nSPS) is 10.8. The number of hydrogen-bond acceptors (Lipinski definition) is 5. The van der Waals surface area contributed by atoms with Crippen LogP contribution in [0.1, 0.15) is 21.6 Å². The summed E-state index contributed by atoms with van der Waals surface area (Å²) in [4.78, 5) is 16.2. The maximum absolute atomic E-state index is 13.5. The molecule has 6 nitrogen and oxygen atoms in total. The summed E-state index contributed by atoms with van der Waals surface area (Å²) < 4.78 is 12.4. The van der Waals surface area contributed by atoms with E-state index in [2.05, 4.69) is 0 Å². The number of thiophene rings is 1. The average molecular weight is 462 g/mol. The Balaban J connectivity index is 1.58. The molecular weight excluding hydrogens is 434 g/mol. The quantitative estimate of drug-likeness (QED) is 0.360. The van der Waals surface area contributed by atoms with Gasteiger partial charge in [-0.1, -0.05) is 29.8 Å². The van der Waals surface area contributed by atoms with Crippen LogP contribution in [-0.4, -0.2) is 48.4 Å². The van der Waals surface area contributed by atoms with Gasteiger partial charge in [-0.2, -0.15) is 5.10 Å². The Bertz CT molecular complexity index is 1230. The number of hydrogen-bond donors (Lipinski definition) is 0. The summed E-state index contributed by atoms with van der Waals surface area (Å²) in [5, 5.41) is 6.78. The van der Waals surface area contributed by atoms with Gasteiger partial charge in [0.25, 0.3) is 5.91 Å². The Morgan fingerprint density at radius 3 is 2.45 bits per heavy atom. The van der Waals surface area contributed by atoms with Crippen LogP contribution in [0, 0.1) is 6.92 Å². The maximum atomic E-state index is 13.5. The lowest BCUT2D eigenvalue weighted by molar-refractivity contribution is 0.0787. The van der Waals surface area contributed by atoms with E-state index in [0.717, 1.165) is 27.4 Å². The number of ether oxygens (including phenoxy) is 2. The molecular formula is C26H27N3O3S. The second-order valence-corrected chi connectivity index (χ2v) is 8.75. The van der Waals surface area contributed by atoms with E-state index in [4.69, 9.17) is 14.6 Å². The van der Waals surface area contributed by atoms with Crippen LogP contribution in [0.25, 0.3) is 16.3 Å². The van der Waals surface area contributed by atoms with E-state index in [0.29, 0.717) is 30.2 Å². The topological polar surface area (TPSA) is 56.6 Å². The van der Waals surface area contributed by atoms with Crippen molar-refractivity contribution in [1.29, 1.82) is 0 Å². The number of rotatable bonds is 8. The van der Waals surface area contributed by atoms with Crippen LogP contribution >= 0.6 is 11.3 Å². The summed E-state index contributed by atoms with van der Waals surface area (Å²) in [7, 11) is 5.06. The molecule has 4 rings (SSSR count). The number of nitrogens with zero attached hydrogens (tertiary/aromatic N) is 3. The largest absolute Gasteiger partial charge is 0.493 e. The van der Waals surface area contributed by atoms with E-state index in [9.17, 15) is 4.79 Å². The zero-order valence-corrected chi connectivity index (χ0v) is 20.1. The van der Waals surface area contributed by atoms with E-state index < -0.39 is 0 Å². The number of aromatic nitrogens is 2. The monoisotopic (exact) mass is 461 g/mol. The molecule has 0 radical (unpaired) electrons. The predicted octanol–water partition coefficient (Wildman–Crippen LogP) is 5.24. The molecule has 2 heterocycles. The number of amides is 1. The van der Waals surface area contributed by atoms with Crippen molar-refractivity contribution in [3.8, 4) is 27.8 Å². The zero-order valence-electron chi connectivity index (χ0n) is 19.2. The van der Waals surface area contributed by atoms with Crippen LogP contribution in [0.2, 0.25) is 0 Å². The molecule has 0 aliphatic heterocycles. The molecule has 0 N–H and O–H groups in total. The number of benzene rings is 2. The van der Waals surface area contributed by atoms with Crippen LogP contribution in [-0.2, 0) is 6.42 Å². The summed E-state index contributed by atoms with van der Waals surface area (Å²) >= 11 is 1.61. The molecule has 0 saturated heterocycles. The third-order valence-electron chi connectivity index (χ3n) is 5.51. The molecule has 0 saturated carbocycles. The fourth-order valence-corrected chi connectivity index (χ4v) is 4.27. The summed E-state index contributed by atoms with van der Waals surface area (Å²) in [5.74, 6) is 1.29. The Kier molecular flexibility index (Phi) is 6.79. The minimum absolute atomic E-state index is 0.0774. The van der Waals surface area contributed by atoms with E-state index >= 15 is 0 Å². The van der Waals surface area contributed by atoms with Crippen LogP contribution < -0.4 is 9.47 Å². The summed E-state index contributed by atoms with van der Waals surface area (Å²) in [6, 6.07) is 19.7. The molecule has 2 aromatic carbocycles. The van der Waals surface area contributed by atoms with E-state index in [1.54, 1.807) is 35.1 Å². The van der Waals surface area contributed by atoms with E-state index in [1.165, 1.54) is 0 Å². The van der Waals surface area contributed by atoms with Crippen molar-refractivity contribution in [1.82, 2.24) is 14.7 Å². The zero-order chi connectivity index (χ0) is 23.4. The van der Waals surface area contributed by atoms with Gasteiger partial charge >= 0.3 is 0 Å².